The number of nitrogens with zero attached hydrogens (tertiary/aromatic N) is 2. The standard InChI is InChI=1S/C14H19N3O/c1-14(15,10-13-16-8-9-17(13)2)11-6-4-5-7-12(11)18-3/h4-9H,10,15H2,1-3H3. The molecule has 0 saturated carbocycles. The van der Waals surface area contributed by atoms with Crippen molar-refractivity contribution in [2.45, 2.75) is 18.9 Å². The molecule has 1 unspecified atom stereocenters. The van der Waals surface area contributed by atoms with Crippen molar-refractivity contribution in [1.82, 2.24) is 9.55 Å². The van der Waals surface area contributed by atoms with Crippen LogP contribution in [0.1, 0.15) is 18.3 Å². The van der Waals surface area contributed by atoms with Crippen LogP contribution in [0.25, 0.3) is 0 Å². The van der Waals surface area contributed by atoms with Gasteiger partial charge in [0.2, 0.25) is 0 Å². The summed E-state index contributed by atoms with van der Waals surface area (Å²) in [5, 5.41) is 0. The molecule has 2 rings (SSSR count). The Hall–Kier alpha value is -1.81. The Bertz CT molecular complexity index is 531. The van der Waals surface area contributed by atoms with E-state index in [0.717, 1.165) is 17.1 Å². The number of hydrogen-bond acceptors (Lipinski definition) is 3. The average Bonchev–Trinajstić information content (AvgIpc) is 2.74. The van der Waals surface area contributed by atoms with Crippen molar-refractivity contribution in [3.8, 4) is 5.75 Å². The molecular formula is C14H19N3O. The van der Waals surface area contributed by atoms with Gasteiger partial charge in [0.25, 0.3) is 0 Å². The van der Waals surface area contributed by atoms with Crippen molar-refractivity contribution >= 4 is 0 Å². The van der Waals surface area contributed by atoms with Crippen LogP contribution in [0.15, 0.2) is 36.7 Å². The Balaban J connectivity index is 2.33. The molecule has 0 bridgehead atoms. The summed E-state index contributed by atoms with van der Waals surface area (Å²) in [7, 11) is 3.64. The zero-order valence-electron chi connectivity index (χ0n) is 11.1. The molecule has 1 heterocycles. The van der Waals surface area contributed by atoms with E-state index in [0.29, 0.717) is 6.42 Å². The van der Waals surface area contributed by atoms with E-state index >= 15 is 0 Å². The molecule has 96 valence electrons. The average molecular weight is 245 g/mol. The lowest BCUT2D eigenvalue weighted by Gasteiger charge is -2.26. The number of hydrogen-bond donors (Lipinski definition) is 1. The first-order valence-electron chi connectivity index (χ1n) is 5.93. The van der Waals surface area contributed by atoms with Crippen LogP contribution >= 0.6 is 0 Å². The van der Waals surface area contributed by atoms with Gasteiger partial charge in [0.05, 0.1) is 7.11 Å². The fourth-order valence-corrected chi connectivity index (χ4v) is 2.11. The molecule has 0 aliphatic rings. The molecule has 0 spiro atoms. The van der Waals surface area contributed by atoms with Crippen LogP contribution in [-0.4, -0.2) is 16.7 Å². The second-order valence-electron chi connectivity index (χ2n) is 4.75. The summed E-state index contributed by atoms with van der Waals surface area (Å²) in [4.78, 5) is 4.32. The second-order valence-corrected chi connectivity index (χ2v) is 4.75. The number of benzene rings is 1. The molecule has 1 atom stereocenters. The minimum atomic E-state index is -0.508. The second kappa shape index (κ2) is 4.82. The highest BCUT2D eigenvalue weighted by atomic mass is 16.5. The predicted octanol–water partition coefficient (Wildman–Crippen LogP) is 1.85. The van der Waals surface area contributed by atoms with E-state index in [-0.39, 0.29) is 0 Å². The molecule has 2 aromatic rings. The molecule has 2 N–H and O–H groups in total. The summed E-state index contributed by atoms with van der Waals surface area (Å²) < 4.78 is 7.36. The number of methoxy groups -OCH3 is 1. The Labute approximate surface area is 107 Å². The highest BCUT2D eigenvalue weighted by Gasteiger charge is 2.26. The summed E-state index contributed by atoms with van der Waals surface area (Å²) in [5.41, 5.74) is 6.93. The van der Waals surface area contributed by atoms with E-state index in [2.05, 4.69) is 4.98 Å². The van der Waals surface area contributed by atoms with E-state index in [1.807, 2.05) is 49.0 Å². The lowest BCUT2D eigenvalue weighted by atomic mass is 9.88. The van der Waals surface area contributed by atoms with Crippen LogP contribution in [0.5, 0.6) is 5.75 Å². The highest BCUT2D eigenvalue weighted by molar-refractivity contribution is 5.39. The van der Waals surface area contributed by atoms with Gasteiger partial charge in [-0.15, -0.1) is 0 Å². The molecule has 0 saturated heterocycles. The van der Waals surface area contributed by atoms with Crippen molar-refractivity contribution in [1.29, 1.82) is 0 Å². The third kappa shape index (κ3) is 2.38. The van der Waals surface area contributed by atoms with Crippen LogP contribution in [0.4, 0.5) is 0 Å². The fraction of sp³-hybridized carbons (Fsp3) is 0.357. The number of nitrogens with two attached hydrogens (primary N) is 1. The van der Waals surface area contributed by atoms with Crippen molar-refractivity contribution in [3.05, 3.63) is 48.0 Å². The van der Waals surface area contributed by atoms with Gasteiger partial charge in [0, 0.05) is 37.0 Å². The molecule has 4 nitrogen and oxygen atoms in total. The summed E-state index contributed by atoms with van der Waals surface area (Å²) in [6.07, 6.45) is 4.37. The SMILES string of the molecule is COc1ccccc1C(C)(N)Cc1nccn1C. The fourth-order valence-electron chi connectivity index (χ4n) is 2.11. The zero-order chi connectivity index (χ0) is 13.2. The molecule has 0 aliphatic carbocycles. The van der Waals surface area contributed by atoms with E-state index in [4.69, 9.17) is 10.5 Å². The van der Waals surface area contributed by atoms with Crippen molar-refractivity contribution < 1.29 is 4.74 Å². The van der Waals surface area contributed by atoms with Crippen molar-refractivity contribution in [2.24, 2.45) is 12.8 Å². The van der Waals surface area contributed by atoms with Gasteiger partial charge in [-0.1, -0.05) is 18.2 Å². The lowest BCUT2D eigenvalue weighted by Crippen LogP contribution is -2.36. The molecule has 4 heteroatoms. The van der Waals surface area contributed by atoms with E-state index in [1.165, 1.54) is 0 Å². The minimum Gasteiger partial charge on any atom is -0.496 e. The molecule has 0 fully saturated rings. The van der Waals surface area contributed by atoms with Crippen LogP contribution in [0, 0.1) is 0 Å². The van der Waals surface area contributed by atoms with Gasteiger partial charge in [-0.2, -0.15) is 0 Å². The van der Waals surface area contributed by atoms with Gasteiger partial charge >= 0.3 is 0 Å². The monoisotopic (exact) mass is 245 g/mol. The molecule has 0 aliphatic heterocycles. The van der Waals surface area contributed by atoms with Gasteiger partial charge in [-0.3, -0.25) is 0 Å². The van der Waals surface area contributed by atoms with Crippen LogP contribution in [0.3, 0.4) is 0 Å². The van der Waals surface area contributed by atoms with Gasteiger partial charge in [0.15, 0.2) is 0 Å². The quantitative estimate of drug-likeness (QED) is 0.894. The van der Waals surface area contributed by atoms with Crippen molar-refractivity contribution in [2.75, 3.05) is 7.11 Å². The summed E-state index contributed by atoms with van der Waals surface area (Å²) >= 11 is 0. The van der Waals surface area contributed by atoms with E-state index in [9.17, 15) is 0 Å². The first-order valence-corrected chi connectivity index (χ1v) is 5.93. The van der Waals surface area contributed by atoms with Gasteiger partial charge in [0.1, 0.15) is 11.6 Å². The third-order valence-electron chi connectivity index (χ3n) is 3.17. The summed E-state index contributed by atoms with van der Waals surface area (Å²) in [6.45, 7) is 2.00. The number of rotatable bonds is 4. The largest absolute Gasteiger partial charge is 0.496 e. The Morgan fingerprint density at radius 2 is 2.11 bits per heavy atom. The highest BCUT2D eigenvalue weighted by Crippen LogP contribution is 2.30. The van der Waals surface area contributed by atoms with Crippen LogP contribution in [-0.2, 0) is 19.0 Å². The maximum absolute atomic E-state index is 6.44. The summed E-state index contributed by atoms with van der Waals surface area (Å²) in [6, 6.07) is 7.85. The molecule has 1 aromatic carbocycles. The van der Waals surface area contributed by atoms with Gasteiger partial charge in [-0.25, -0.2) is 4.98 Å². The number of aromatic nitrogens is 2. The Morgan fingerprint density at radius 3 is 2.72 bits per heavy atom. The van der Waals surface area contributed by atoms with Gasteiger partial charge in [-0.05, 0) is 13.0 Å². The number of imidazole rings is 1. The molecule has 0 amide bonds. The molecule has 0 radical (unpaired) electrons. The number of aryl methyl sites for hydroxylation is 1. The van der Waals surface area contributed by atoms with Crippen molar-refractivity contribution in [3.63, 3.8) is 0 Å². The first kappa shape index (κ1) is 12.6. The van der Waals surface area contributed by atoms with Gasteiger partial charge < -0.3 is 15.0 Å². The van der Waals surface area contributed by atoms with E-state index < -0.39 is 5.54 Å². The predicted molar refractivity (Wildman–Crippen MR) is 71.4 cm³/mol. The molecular weight excluding hydrogens is 226 g/mol. The molecule has 18 heavy (non-hydrogen) atoms. The Morgan fingerprint density at radius 1 is 1.39 bits per heavy atom. The first-order chi connectivity index (χ1) is 8.54. The van der Waals surface area contributed by atoms with E-state index in [1.54, 1.807) is 13.3 Å². The summed E-state index contributed by atoms with van der Waals surface area (Å²) in [5.74, 6) is 1.78. The van der Waals surface area contributed by atoms with Crippen LogP contribution in [0.2, 0.25) is 0 Å². The topological polar surface area (TPSA) is 53.1 Å². The van der Waals surface area contributed by atoms with Crippen LogP contribution < -0.4 is 10.5 Å². The lowest BCUT2D eigenvalue weighted by molar-refractivity contribution is 0.383. The normalized spacial score (nSPS) is 14.2. The zero-order valence-corrected chi connectivity index (χ0v) is 11.1. The third-order valence-corrected chi connectivity index (χ3v) is 3.17. The smallest absolute Gasteiger partial charge is 0.123 e. The number of ether oxygens (including phenoxy) is 1. The molecule has 1 aromatic heterocycles. The maximum atomic E-state index is 6.44. The Kier molecular flexibility index (Phi) is 3.39. The number of para-hydroxylation sites is 1. The minimum absolute atomic E-state index is 0.508. The maximum Gasteiger partial charge on any atom is 0.123 e.